The Hall–Kier alpha value is -10.1. The number of halogens is 14. The third kappa shape index (κ3) is 29.2. The average Bonchev–Trinajstić information content (AvgIpc) is 0.796. The van der Waals surface area contributed by atoms with Gasteiger partial charge in [-0.2, -0.15) is 52.7 Å². The van der Waals surface area contributed by atoms with Crippen molar-refractivity contribution < 1.29 is 90.7 Å². The Morgan fingerprint density at radius 2 is 0.831 bits per heavy atom. The minimum absolute atomic E-state index is 0.00832. The number of alkyl halides is 12. The number of hydrogen-bond acceptors (Lipinski definition) is 13. The van der Waals surface area contributed by atoms with Crippen molar-refractivity contribution in [2.75, 3.05) is 79.4 Å². The quantitative estimate of drug-likeness (QED) is 0.0261. The lowest BCUT2D eigenvalue weighted by Gasteiger charge is -2.36. The molecule has 2 aliphatic heterocycles. The van der Waals surface area contributed by atoms with Crippen LogP contribution in [0.25, 0.3) is 0 Å². The molecule has 0 radical (unpaired) electrons. The molecule has 2 unspecified atom stereocenters. The van der Waals surface area contributed by atoms with E-state index in [-0.39, 0.29) is 35.3 Å². The number of esters is 1. The molecule has 2 atom stereocenters. The van der Waals surface area contributed by atoms with Crippen LogP contribution in [0.1, 0.15) is 119 Å². The molecule has 630 valence electrons. The van der Waals surface area contributed by atoms with Crippen LogP contribution in [-0.4, -0.2) is 120 Å². The van der Waals surface area contributed by atoms with E-state index in [2.05, 4.69) is 55.5 Å². The molecule has 12 rings (SSSR count). The molecule has 0 saturated heterocycles. The van der Waals surface area contributed by atoms with Crippen LogP contribution < -0.4 is 18.9 Å². The number of aliphatic hydroxyl groups excluding tert-OH is 1. The molecule has 10 aromatic rings. The van der Waals surface area contributed by atoms with Crippen molar-refractivity contribution in [2.24, 2.45) is 10.8 Å². The van der Waals surface area contributed by atoms with Gasteiger partial charge in [-0.1, -0.05) is 136 Å². The number of ether oxygens (including phenoxy) is 5. The lowest BCUT2D eigenvalue weighted by molar-refractivity contribution is -0.148. The summed E-state index contributed by atoms with van der Waals surface area (Å²) >= 11 is 6.38. The van der Waals surface area contributed by atoms with E-state index < -0.39 is 53.0 Å². The highest BCUT2D eigenvalue weighted by atomic mass is 35.5. The largest absolute Gasteiger partial charge is 0.494 e. The van der Waals surface area contributed by atoms with Crippen LogP contribution in [0.5, 0.6) is 23.0 Å². The zero-order valence-electron chi connectivity index (χ0n) is 66.1. The molecule has 4 heterocycles. The first-order valence-electron chi connectivity index (χ1n) is 38.4. The van der Waals surface area contributed by atoms with Crippen molar-refractivity contribution in [1.82, 2.24) is 29.6 Å². The van der Waals surface area contributed by atoms with Gasteiger partial charge in [0.1, 0.15) is 34.9 Å². The van der Waals surface area contributed by atoms with Crippen molar-refractivity contribution in [2.45, 2.75) is 116 Å². The summed E-state index contributed by atoms with van der Waals surface area (Å²) in [5.41, 5.74) is 4.87. The summed E-state index contributed by atoms with van der Waals surface area (Å²) in [5.74, 6) is 1.05. The maximum atomic E-state index is 14.3. The number of carbonyl (C=O) groups is 1. The van der Waals surface area contributed by atoms with Gasteiger partial charge in [-0.3, -0.25) is 29.6 Å². The van der Waals surface area contributed by atoms with Crippen LogP contribution in [0.2, 0.25) is 5.02 Å². The van der Waals surface area contributed by atoms with Gasteiger partial charge in [0.2, 0.25) is 0 Å². The van der Waals surface area contributed by atoms with Crippen molar-refractivity contribution in [3.05, 3.63) is 321 Å². The number of fused-ring (bicyclic) bond motifs is 2. The van der Waals surface area contributed by atoms with Gasteiger partial charge in [-0.05, 0) is 186 Å². The molecule has 13 nitrogen and oxygen atoms in total. The Balaban J connectivity index is 0.000000180. The highest BCUT2D eigenvalue weighted by Gasteiger charge is 2.36. The highest BCUT2D eigenvalue weighted by molar-refractivity contribution is 6.31. The molecule has 8 aromatic carbocycles. The molecule has 0 aliphatic carbocycles. The normalized spacial score (nSPS) is 14.6. The van der Waals surface area contributed by atoms with Gasteiger partial charge in [0, 0.05) is 112 Å². The van der Waals surface area contributed by atoms with Gasteiger partial charge in [-0.15, -0.1) is 0 Å². The minimum atomic E-state index is -4.38. The Morgan fingerprint density at radius 3 is 1.24 bits per heavy atom. The van der Waals surface area contributed by atoms with E-state index in [1.165, 1.54) is 72.8 Å². The first-order chi connectivity index (χ1) is 56.1. The second-order valence-electron chi connectivity index (χ2n) is 30.2. The lowest BCUT2D eigenvalue weighted by atomic mass is 9.92. The number of pyridine rings is 2. The zero-order valence-corrected chi connectivity index (χ0v) is 66.8. The fourth-order valence-corrected chi connectivity index (χ4v) is 13.9. The van der Waals surface area contributed by atoms with Crippen molar-refractivity contribution in [3.8, 4) is 23.0 Å². The smallest absolute Gasteiger partial charge is 0.416 e. The third-order valence-corrected chi connectivity index (χ3v) is 19.8. The van der Waals surface area contributed by atoms with Gasteiger partial charge in [0.25, 0.3) is 0 Å². The molecular weight excluding hydrogens is 1570 g/mol. The number of rotatable bonds is 30. The SMILES string of the molecule is CC(C)(COc1ccc(C(F)(F)F)cc1)CN(Cc1cccnc1)Cc1ccccc1Cl.CC(C)(COc1ccc(C(F)(F)F)cc1)CN(Cc1cccnc1)Cc1ccccc1F.COC(=O)C1c2ccccc2CCN1CCCOc1ccc(C(F)(F)F)cc1.OCC1c2ccccc2CCN1CCCOc1ccc(C(F)(F)F)cc1. The number of nitrogens with zero attached hydrogens (tertiary/aromatic N) is 6. The predicted molar refractivity (Wildman–Crippen MR) is 427 cm³/mol. The van der Waals surface area contributed by atoms with Gasteiger partial charge in [0.15, 0.2) is 0 Å². The number of carbonyl (C=O) groups excluding carboxylic acids is 1. The van der Waals surface area contributed by atoms with E-state index in [0.29, 0.717) is 112 Å². The van der Waals surface area contributed by atoms with E-state index in [1.807, 2.05) is 105 Å². The monoisotopic (exact) mass is 1670 g/mol. The van der Waals surface area contributed by atoms with Crippen molar-refractivity contribution in [1.29, 1.82) is 0 Å². The summed E-state index contributed by atoms with van der Waals surface area (Å²) in [6, 6.07) is 56.5. The molecular formula is C91H96ClF13N6O7. The first kappa shape index (κ1) is 91.8. The maximum absolute atomic E-state index is 14.3. The summed E-state index contributed by atoms with van der Waals surface area (Å²) in [7, 11) is 1.38. The second-order valence-corrected chi connectivity index (χ2v) is 30.6. The summed E-state index contributed by atoms with van der Waals surface area (Å²) in [5, 5.41) is 10.5. The molecule has 0 fully saturated rings. The van der Waals surface area contributed by atoms with E-state index in [1.54, 1.807) is 36.8 Å². The van der Waals surface area contributed by atoms with Crippen LogP contribution >= 0.6 is 11.6 Å². The summed E-state index contributed by atoms with van der Waals surface area (Å²) in [6.45, 7) is 16.2. The van der Waals surface area contributed by atoms with E-state index in [9.17, 15) is 67.0 Å². The zero-order chi connectivity index (χ0) is 85.1. The topological polar surface area (TPSA) is 122 Å². The average molecular weight is 1670 g/mol. The van der Waals surface area contributed by atoms with E-state index >= 15 is 0 Å². The number of aromatic nitrogens is 2. The van der Waals surface area contributed by atoms with Crippen LogP contribution in [0, 0.1) is 16.6 Å². The van der Waals surface area contributed by atoms with Crippen molar-refractivity contribution >= 4 is 17.6 Å². The molecule has 0 amide bonds. The van der Waals surface area contributed by atoms with Crippen LogP contribution in [0.3, 0.4) is 0 Å². The van der Waals surface area contributed by atoms with Crippen LogP contribution in [-0.2, 0) is 73.3 Å². The number of methoxy groups -OCH3 is 1. The second kappa shape index (κ2) is 43.0. The molecule has 1 N–H and O–H groups in total. The summed E-state index contributed by atoms with van der Waals surface area (Å²) in [6.07, 6.45) is -7.19. The Morgan fingerprint density at radius 1 is 0.458 bits per heavy atom. The summed E-state index contributed by atoms with van der Waals surface area (Å²) in [4.78, 5) is 29.4. The molecule has 2 aromatic heterocycles. The minimum Gasteiger partial charge on any atom is -0.494 e. The Labute approximate surface area is 684 Å². The molecule has 0 saturated carbocycles. The lowest BCUT2D eigenvalue weighted by Crippen LogP contribution is -2.41. The maximum Gasteiger partial charge on any atom is 0.416 e. The molecule has 0 spiro atoms. The van der Waals surface area contributed by atoms with Crippen LogP contribution in [0.15, 0.2) is 243 Å². The Kier molecular flexibility index (Phi) is 33.5. The fourth-order valence-electron chi connectivity index (χ4n) is 13.7. The van der Waals surface area contributed by atoms with Crippen LogP contribution in [0.4, 0.5) is 57.1 Å². The standard InChI is InChI=1S/C25H26ClF3N2O.C25H26F4N2O.C21H22F3NO3.C20H22F3NO2/c2*1-24(2,18-32-22-11-9-21(10-12-22)25(27,28)29)17-31(15-19-6-5-13-30-14-19)16-20-7-3-4-8-23(20)26;1-27-20(26)19-18-6-3-2-5-15(18)11-13-25(19)12-4-14-28-17-9-7-16(8-10-17)21(22,23)24;21-20(22,23)16-6-8-17(9-7-16)26-13-3-11-24-12-10-15-4-1-2-5-18(15)19(24)14-25/h2*3-14H,15-18H2,1-2H3;2-3,5-10,19H,4,11-14H2,1H3;1-2,4-9,19,25H,3,10-14H2. The predicted octanol–water partition coefficient (Wildman–Crippen LogP) is 21.5. The van der Waals surface area contributed by atoms with E-state index in [4.69, 9.17) is 35.3 Å². The van der Waals surface area contributed by atoms with E-state index in [0.717, 1.165) is 115 Å². The molecule has 27 heteroatoms. The Bertz CT molecular complexity index is 4520. The number of benzene rings is 8. The third-order valence-electron chi connectivity index (χ3n) is 19.5. The van der Waals surface area contributed by atoms with Gasteiger partial charge in [-0.25, -0.2) is 9.18 Å². The highest BCUT2D eigenvalue weighted by Crippen LogP contribution is 2.37. The first-order valence-corrected chi connectivity index (χ1v) is 38.7. The van der Waals surface area contributed by atoms with Gasteiger partial charge in [0.05, 0.1) is 68.4 Å². The van der Waals surface area contributed by atoms with Gasteiger partial charge < -0.3 is 28.8 Å². The summed E-state index contributed by atoms with van der Waals surface area (Å²) < 4.78 is 194. The van der Waals surface area contributed by atoms with Crippen molar-refractivity contribution in [3.63, 3.8) is 0 Å². The molecule has 0 bridgehead atoms. The number of hydrogen-bond donors (Lipinski definition) is 1. The van der Waals surface area contributed by atoms with Gasteiger partial charge >= 0.3 is 30.7 Å². The molecule has 118 heavy (non-hydrogen) atoms. The fraction of sp³-hybridized carbons (Fsp3) is 0.352. The number of aliphatic hydroxyl groups is 1. The molecule has 2 aliphatic rings.